The van der Waals surface area contributed by atoms with E-state index in [4.69, 9.17) is 0 Å². The van der Waals surface area contributed by atoms with Crippen molar-refractivity contribution < 1.29 is 9.90 Å². The summed E-state index contributed by atoms with van der Waals surface area (Å²) in [5.41, 5.74) is -0.816. The second-order valence-corrected chi connectivity index (χ2v) is 4.66. The van der Waals surface area contributed by atoms with E-state index in [1.54, 1.807) is 25.8 Å². The Morgan fingerprint density at radius 2 is 2.29 bits per heavy atom. The summed E-state index contributed by atoms with van der Waals surface area (Å²) >= 11 is 0. The third kappa shape index (κ3) is 3.27. The first kappa shape index (κ1) is 11.5. The quantitative estimate of drug-likeness (QED) is 0.672. The van der Waals surface area contributed by atoms with Gasteiger partial charge in [0.25, 0.3) is 0 Å². The molecule has 1 atom stereocenters. The number of aliphatic hydroxyl groups is 1. The second kappa shape index (κ2) is 4.28. The molecular weight excluding hydrogens is 180 g/mol. The maximum atomic E-state index is 11.8. The Morgan fingerprint density at radius 1 is 1.64 bits per heavy atom. The number of carbonyl (C=O) groups is 1. The monoisotopic (exact) mass is 200 g/mol. The zero-order chi connectivity index (χ0) is 10.8. The van der Waals surface area contributed by atoms with Gasteiger partial charge in [0.1, 0.15) is 0 Å². The van der Waals surface area contributed by atoms with Gasteiger partial charge < -0.3 is 15.3 Å². The highest BCUT2D eigenvalue weighted by atomic mass is 16.3. The number of amides is 1. The summed E-state index contributed by atoms with van der Waals surface area (Å²) in [7, 11) is 1.74. The van der Waals surface area contributed by atoms with Crippen molar-refractivity contribution in [2.24, 2.45) is 0 Å². The average Bonchev–Trinajstić information content (AvgIpc) is 2.51. The summed E-state index contributed by atoms with van der Waals surface area (Å²) in [6.07, 6.45) is 1.97. The molecule has 0 spiro atoms. The van der Waals surface area contributed by atoms with Crippen LogP contribution in [0.5, 0.6) is 0 Å². The van der Waals surface area contributed by atoms with E-state index in [1.807, 2.05) is 0 Å². The number of nitrogens with one attached hydrogen (secondary N) is 1. The van der Waals surface area contributed by atoms with E-state index in [0.29, 0.717) is 6.54 Å². The second-order valence-electron chi connectivity index (χ2n) is 4.66. The lowest BCUT2D eigenvalue weighted by Gasteiger charge is -2.27. The minimum Gasteiger partial charge on any atom is -0.389 e. The van der Waals surface area contributed by atoms with Gasteiger partial charge in [-0.1, -0.05) is 0 Å². The van der Waals surface area contributed by atoms with Crippen molar-refractivity contribution >= 4 is 5.91 Å². The number of carbonyl (C=O) groups excluding carboxylic acids is 1. The van der Waals surface area contributed by atoms with Crippen LogP contribution in [0.25, 0.3) is 0 Å². The first-order valence-electron chi connectivity index (χ1n) is 5.11. The van der Waals surface area contributed by atoms with Gasteiger partial charge in [-0.05, 0) is 33.2 Å². The lowest BCUT2D eigenvalue weighted by molar-refractivity contribution is -0.134. The number of nitrogens with zero attached hydrogens (tertiary/aromatic N) is 1. The summed E-state index contributed by atoms with van der Waals surface area (Å²) < 4.78 is 0. The topological polar surface area (TPSA) is 52.6 Å². The van der Waals surface area contributed by atoms with Crippen LogP contribution in [0.2, 0.25) is 0 Å². The summed E-state index contributed by atoms with van der Waals surface area (Å²) in [4.78, 5) is 13.4. The minimum absolute atomic E-state index is 0.0395. The standard InChI is InChI=1S/C10H20N2O2/c1-10(2,14)7-12(3)9(13)8-5-4-6-11-8/h8,11,14H,4-7H2,1-3H3. The van der Waals surface area contributed by atoms with Crippen LogP contribution in [0.3, 0.4) is 0 Å². The van der Waals surface area contributed by atoms with Gasteiger partial charge in [-0.25, -0.2) is 0 Å². The van der Waals surface area contributed by atoms with Crippen LogP contribution in [0, 0.1) is 0 Å². The maximum Gasteiger partial charge on any atom is 0.239 e. The van der Waals surface area contributed by atoms with E-state index >= 15 is 0 Å². The van der Waals surface area contributed by atoms with E-state index in [1.165, 1.54) is 0 Å². The van der Waals surface area contributed by atoms with Crippen LogP contribution in [0.15, 0.2) is 0 Å². The fourth-order valence-corrected chi connectivity index (χ4v) is 1.82. The molecular formula is C10H20N2O2. The van der Waals surface area contributed by atoms with Gasteiger partial charge in [-0.3, -0.25) is 4.79 Å². The van der Waals surface area contributed by atoms with Gasteiger partial charge in [-0.2, -0.15) is 0 Å². The van der Waals surface area contributed by atoms with Crippen LogP contribution in [-0.4, -0.2) is 47.7 Å². The smallest absolute Gasteiger partial charge is 0.239 e. The summed E-state index contributed by atoms with van der Waals surface area (Å²) in [6, 6.07) is -0.0395. The van der Waals surface area contributed by atoms with Gasteiger partial charge in [0.05, 0.1) is 11.6 Å². The van der Waals surface area contributed by atoms with Crippen molar-refractivity contribution in [3.05, 3.63) is 0 Å². The Hall–Kier alpha value is -0.610. The fourth-order valence-electron chi connectivity index (χ4n) is 1.82. The summed E-state index contributed by atoms with van der Waals surface area (Å²) in [5, 5.41) is 12.7. The van der Waals surface area contributed by atoms with Gasteiger partial charge in [0, 0.05) is 13.6 Å². The molecule has 4 nitrogen and oxygen atoms in total. The highest BCUT2D eigenvalue weighted by molar-refractivity contribution is 5.82. The Bertz CT molecular complexity index is 205. The van der Waals surface area contributed by atoms with Crippen molar-refractivity contribution in [2.75, 3.05) is 20.1 Å². The van der Waals surface area contributed by atoms with Crippen molar-refractivity contribution in [3.63, 3.8) is 0 Å². The molecule has 1 unspecified atom stereocenters. The molecule has 2 N–H and O–H groups in total. The predicted octanol–water partition coefficient (Wildman–Crippen LogP) is -0.0323. The van der Waals surface area contributed by atoms with Gasteiger partial charge in [0.15, 0.2) is 0 Å². The van der Waals surface area contributed by atoms with Crippen LogP contribution >= 0.6 is 0 Å². The van der Waals surface area contributed by atoms with E-state index in [2.05, 4.69) is 5.32 Å². The van der Waals surface area contributed by atoms with Gasteiger partial charge in [0.2, 0.25) is 5.91 Å². The normalized spacial score (nSPS) is 22.4. The van der Waals surface area contributed by atoms with Crippen LogP contribution in [-0.2, 0) is 4.79 Å². The molecule has 0 aromatic carbocycles. The zero-order valence-corrected chi connectivity index (χ0v) is 9.21. The van der Waals surface area contributed by atoms with Crippen LogP contribution in [0.4, 0.5) is 0 Å². The van der Waals surface area contributed by atoms with Crippen molar-refractivity contribution in [3.8, 4) is 0 Å². The molecule has 1 aliphatic rings. The number of hydrogen-bond acceptors (Lipinski definition) is 3. The number of rotatable bonds is 3. The fraction of sp³-hybridized carbons (Fsp3) is 0.900. The first-order chi connectivity index (χ1) is 6.40. The summed E-state index contributed by atoms with van der Waals surface area (Å²) in [5.74, 6) is 0.0876. The van der Waals surface area contributed by atoms with Crippen molar-refractivity contribution in [1.29, 1.82) is 0 Å². The molecule has 14 heavy (non-hydrogen) atoms. The largest absolute Gasteiger partial charge is 0.389 e. The lowest BCUT2D eigenvalue weighted by Crippen LogP contribution is -2.46. The lowest BCUT2D eigenvalue weighted by atomic mass is 10.1. The van der Waals surface area contributed by atoms with Gasteiger partial charge >= 0.3 is 0 Å². The molecule has 82 valence electrons. The minimum atomic E-state index is -0.816. The molecule has 1 heterocycles. The van der Waals surface area contributed by atoms with Crippen LogP contribution in [0.1, 0.15) is 26.7 Å². The first-order valence-corrected chi connectivity index (χ1v) is 5.11. The zero-order valence-electron chi connectivity index (χ0n) is 9.21. The van der Waals surface area contributed by atoms with E-state index in [9.17, 15) is 9.90 Å². The van der Waals surface area contributed by atoms with Gasteiger partial charge in [-0.15, -0.1) is 0 Å². The molecule has 1 aliphatic heterocycles. The molecule has 1 fully saturated rings. The third-order valence-electron chi connectivity index (χ3n) is 2.36. The Kier molecular flexibility index (Phi) is 3.50. The molecule has 0 aromatic rings. The molecule has 1 amide bonds. The van der Waals surface area contributed by atoms with E-state index in [-0.39, 0.29) is 11.9 Å². The molecule has 0 aliphatic carbocycles. The number of likely N-dealkylation sites (N-methyl/N-ethyl adjacent to an activating group) is 1. The van der Waals surface area contributed by atoms with Crippen molar-refractivity contribution in [1.82, 2.24) is 10.2 Å². The van der Waals surface area contributed by atoms with Crippen LogP contribution < -0.4 is 5.32 Å². The molecule has 0 aromatic heterocycles. The molecule has 0 radical (unpaired) electrons. The maximum absolute atomic E-state index is 11.8. The highest BCUT2D eigenvalue weighted by Crippen LogP contribution is 2.10. The predicted molar refractivity (Wildman–Crippen MR) is 55.0 cm³/mol. The highest BCUT2D eigenvalue weighted by Gasteiger charge is 2.27. The van der Waals surface area contributed by atoms with E-state index < -0.39 is 5.60 Å². The Morgan fingerprint density at radius 3 is 2.71 bits per heavy atom. The Labute approximate surface area is 85.3 Å². The SMILES string of the molecule is CN(CC(C)(C)O)C(=O)C1CCCN1. The molecule has 0 saturated carbocycles. The molecule has 1 saturated heterocycles. The third-order valence-corrected chi connectivity index (χ3v) is 2.36. The molecule has 1 rings (SSSR count). The Balaban J connectivity index is 2.43. The average molecular weight is 200 g/mol. The molecule has 4 heteroatoms. The van der Waals surface area contributed by atoms with E-state index in [0.717, 1.165) is 19.4 Å². The molecule has 0 bridgehead atoms. The van der Waals surface area contributed by atoms with Crippen molar-refractivity contribution in [2.45, 2.75) is 38.3 Å². The summed E-state index contributed by atoms with van der Waals surface area (Å²) in [6.45, 7) is 4.72. The number of hydrogen-bond donors (Lipinski definition) is 2.